The average Bonchev–Trinajstić information content (AvgIpc) is 2.49. The Hall–Kier alpha value is -0.830. The van der Waals surface area contributed by atoms with E-state index in [1.165, 1.54) is 12.8 Å². The predicted octanol–water partition coefficient (Wildman–Crippen LogP) is 1.61. The zero-order chi connectivity index (χ0) is 9.26. The zero-order valence-corrected chi connectivity index (χ0v) is 8.30. The van der Waals surface area contributed by atoms with Crippen molar-refractivity contribution in [2.75, 3.05) is 0 Å². The molecule has 2 unspecified atom stereocenters. The predicted molar refractivity (Wildman–Crippen MR) is 52.4 cm³/mol. The van der Waals surface area contributed by atoms with Crippen LogP contribution in [0.5, 0.6) is 0 Å². The van der Waals surface area contributed by atoms with E-state index in [1.54, 1.807) is 0 Å². The molecule has 0 amide bonds. The van der Waals surface area contributed by atoms with Gasteiger partial charge in [0.15, 0.2) is 0 Å². The molecule has 2 rings (SSSR count). The standard InChI is InChI=1S/C10H17N3/c1-7-3-4-10(7)11-6-9-5-8(2)12-13-9/h5,7,10-11H,3-4,6H2,1-2H3,(H,12,13). The lowest BCUT2D eigenvalue weighted by Gasteiger charge is -2.34. The van der Waals surface area contributed by atoms with Gasteiger partial charge in [-0.1, -0.05) is 6.92 Å². The third kappa shape index (κ3) is 1.91. The number of aryl methyl sites for hydroxylation is 1. The second-order valence-corrected chi connectivity index (χ2v) is 4.08. The van der Waals surface area contributed by atoms with E-state index in [1.807, 2.05) is 6.92 Å². The van der Waals surface area contributed by atoms with Crippen LogP contribution in [0.3, 0.4) is 0 Å². The molecule has 2 N–H and O–H groups in total. The molecule has 1 aliphatic rings. The van der Waals surface area contributed by atoms with Gasteiger partial charge in [0.2, 0.25) is 0 Å². The van der Waals surface area contributed by atoms with E-state index in [0.717, 1.165) is 29.9 Å². The van der Waals surface area contributed by atoms with Crippen molar-refractivity contribution >= 4 is 0 Å². The van der Waals surface area contributed by atoms with Gasteiger partial charge in [0, 0.05) is 18.3 Å². The van der Waals surface area contributed by atoms with E-state index >= 15 is 0 Å². The van der Waals surface area contributed by atoms with Crippen LogP contribution in [0, 0.1) is 12.8 Å². The first-order chi connectivity index (χ1) is 6.25. The van der Waals surface area contributed by atoms with E-state index in [4.69, 9.17) is 0 Å². The van der Waals surface area contributed by atoms with E-state index in [-0.39, 0.29) is 0 Å². The van der Waals surface area contributed by atoms with Crippen LogP contribution in [0.25, 0.3) is 0 Å². The maximum absolute atomic E-state index is 4.18. The SMILES string of the molecule is Cc1cc(CNC2CCC2C)n[nH]1. The van der Waals surface area contributed by atoms with Gasteiger partial charge in [0.1, 0.15) is 0 Å². The number of nitrogens with zero attached hydrogens (tertiary/aromatic N) is 1. The lowest BCUT2D eigenvalue weighted by Crippen LogP contribution is -2.41. The Morgan fingerprint density at radius 1 is 1.62 bits per heavy atom. The van der Waals surface area contributed by atoms with Crippen molar-refractivity contribution in [3.63, 3.8) is 0 Å². The summed E-state index contributed by atoms with van der Waals surface area (Å²) < 4.78 is 0. The van der Waals surface area contributed by atoms with Crippen molar-refractivity contribution < 1.29 is 0 Å². The molecule has 3 heteroatoms. The molecule has 1 aromatic rings. The van der Waals surface area contributed by atoms with E-state index < -0.39 is 0 Å². The number of aromatic amines is 1. The first-order valence-electron chi connectivity index (χ1n) is 5.00. The number of nitrogens with one attached hydrogen (secondary N) is 2. The quantitative estimate of drug-likeness (QED) is 0.740. The zero-order valence-electron chi connectivity index (χ0n) is 8.30. The number of rotatable bonds is 3. The fourth-order valence-corrected chi connectivity index (χ4v) is 1.77. The maximum atomic E-state index is 4.18. The van der Waals surface area contributed by atoms with Gasteiger partial charge < -0.3 is 5.32 Å². The molecule has 13 heavy (non-hydrogen) atoms. The van der Waals surface area contributed by atoms with Crippen molar-refractivity contribution in [1.82, 2.24) is 15.5 Å². The largest absolute Gasteiger partial charge is 0.308 e. The molecule has 1 aliphatic carbocycles. The summed E-state index contributed by atoms with van der Waals surface area (Å²) in [4.78, 5) is 0. The molecule has 0 radical (unpaired) electrons. The summed E-state index contributed by atoms with van der Waals surface area (Å²) in [6.45, 7) is 5.23. The Balaban J connectivity index is 1.79. The van der Waals surface area contributed by atoms with Crippen LogP contribution in [0.2, 0.25) is 0 Å². The molecule has 0 spiro atoms. The van der Waals surface area contributed by atoms with Gasteiger partial charge in [0.25, 0.3) is 0 Å². The maximum Gasteiger partial charge on any atom is 0.0762 e. The number of aromatic nitrogens is 2. The van der Waals surface area contributed by atoms with Gasteiger partial charge in [0.05, 0.1) is 5.69 Å². The molecular formula is C10H17N3. The van der Waals surface area contributed by atoms with Crippen LogP contribution in [0.4, 0.5) is 0 Å². The second kappa shape index (κ2) is 3.50. The van der Waals surface area contributed by atoms with Crippen molar-refractivity contribution in [2.24, 2.45) is 5.92 Å². The van der Waals surface area contributed by atoms with Gasteiger partial charge in [-0.15, -0.1) is 0 Å². The fourth-order valence-electron chi connectivity index (χ4n) is 1.77. The fraction of sp³-hybridized carbons (Fsp3) is 0.700. The highest BCUT2D eigenvalue weighted by atomic mass is 15.1. The van der Waals surface area contributed by atoms with Gasteiger partial charge in [-0.25, -0.2) is 0 Å². The van der Waals surface area contributed by atoms with Crippen LogP contribution < -0.4 is 5.32 Å². The lowest BCUT2D eigenvalue weighted by molar-refractivity contribution is 0.227. The van der Waals surface area contributed by atoms with Crippen molar-refractivity contribution in [3.05, 3.63) is 17.5 Å². The number of H-pyrrole nitrogens is 1. The highest BCUT2D eigenvalue weighted by Gasteiger charge is 2.25. The smallest absolute Gasteiger partial charge is 0.0762 e. The second-order valence-electron chi connectivity index (χ2n) is 4.08. The molecular weight excluding hydrogens is 162 g/mol. The Labute approximate surface area is 78.9 Å². The molecule has 1 aromatic heterocycles. The lowest BCUT2D eigenvalue weighted by atomic mass is 9.81. The van der Waals surface area contributed by atoms with Gasteiger partial charge in [-0.2, -0.15) is 5.10 Å². The van der Waals surface area contributed by atoms with Crippen molar-refractivity contribution in [2.45, 2.75) is 39.3 Å². The van der Waals surface area contributed by atoms with Crippen LogP contribution in [-0.2, 0) is 6.54 Å². The molecule has 72 valence electrons. The van der Waals surface area contributed by atoms with E-state index in [2.05, 4.69) is 28.5 Å². The number of hydrogen-bond donors (Lipinski definition) is 2. The third-order valence-electron chi connectivity index (χ3n) is 2.92. The Bertz CT molecular complexity index is 279. The molecule has 0 bridgehead atoms. The average molecular weight is 179 g/mol. The molecule has 0 aromatic carbocycles. The molecule has 1 heterocycles. The summed E-state index contributed by atoms with van der Waals surface area (Å²) in [5.74, 6) is 0.847. The normalized spacial score (nSPS) is 27.2. The van der Waals surface area contributed by atoms with Crippen molar-refractivity contribution in [1.29, 1.82) is 0 Å². The molecule has 1 saturated carbocycles. The van der Waals surface area contributed by atoms with E-state index in [0.29, 0.717) is 0 Å². The third-order valence-corrected chi connectivity index (χ3v) is 2.92. The van der Waals surface area contributed by atoms with Crippen LogP contribution in [0.1, 0.15) is 31.2 Å². The minimum atomic E-state index is 0.719. The minimum absolute atomic E-state index is 0.719. The highest BCUT2D eigenvalue weighted by molar-refractivity contribution is 5.06. The Morgan fingerprint density at radius 3 is 2.92 bits per heavy atom. The molecule has 0 aliphatic heterocycles. The molecule has 0 saturated heterocycles. The summed E-state index contributed by atoms with van der Waals surface area (Å²) in [7, 11) is 0. The minimum Gasteiger partial charge on any atom is -0.308 e. The topological polar surface area (TPSA) is 40.7 Å². The monoisotopic (exact) mass is 179 g/mol. The summed E-state index contributed by atoms with van der Waals surface area (Å²) in [5.41, 5.74) is 2.26. The van der Waals surface area contributed by atoms with Crippen LogP contribution in [-0.4, -0.2) is 16.2 Å². The number of hydrogen-bond acceptors (Lipinski definition) is 2. The highest BCUT2D eigenvalue weighted by Crippen LogP contribution is 2.26. The van der Waals surface area contributed by atoms with Gasteiger partial charge in [-0.05, 0) is 31.7 Å². The van der Waals surface area contributed by atoms with Crippen molar-refractivity contribution in [3.8, 4) is 0 Å². The van der Waals surface area contributed by atoms with E-state index in [9.17, 15) is 0 Å². The molecule has 1 fully saturated rings. The Kier molecular flexibility index (Phi) is 2.36. The molecule has 3 nitrogen and oxygen atoms in total. The summed E-state index contributed by atoms with van der Waals surface area (Å²) in [6, 6.07) is 2.81. The molecule has 2 atom stereocenters. The van der Waals surface area contributed by atoms with Crippen LogP contribution >= 0.6 is 0 Å². The first kappa shape index (κ1) is 8.75. The van der Waals surface area contributed by atoms with Crippen LogP contribution in [0.15, 0.2) is 6.07 Å². The van der Waals surface area contributed by atoms with Gasteiger partial charge in [-0.3, -0.25) is 5.10 Å². The van der Waals surface area contributed by atoms with Gasteiger partial charge >= 0.3 is 0 Å². The summed E-state index contributed by atoms with van der Waals surface area (Å²) in [5, 5.41) is 10.6. The Morgan fingerprint density at radius 2 is 2.46 bits per heavy atom. The first-order valence-corrected chi connectivity index (χ1v) is 5.00. The summed E-state index contributed by atoms with van der Waals surface area (Å²) >= 11 is 0. The summed E-state index contributed by atoms with van der Waals surface area (Å²) in [6.07, 6.45) is 2.70.